The van der Waals surface area contributed by atoms with E-state index in [4.69, 9.17) is 0 Å². The molecule has 0 unspecified atom stereocenters. The van der Waals surface area contributed by atoms with Crippen molar-refractivity contribution < 1.29 is 4.79 Å². The highest BCUT2D eigenvalue weighted by Crippen LogP contribution is 2.19. The van der Waals surface area contributed by atoms with Crippen molar-refractivity contribution in [1.29, 1.82) is 0 Å². The van der Waals surface area contributed by atoms with Crippen LogP contribution in [-0.2, 0) is 19.6 Å². The highest BCUT2D eigenvalue weighted by atomic mass is 35.5. The Balaban J connectivity index is 0.00000121. The minimum atomic E-state index is 0. The molecule has 0 radical (unpaired) electrons. The zero-order valence-electron chi connectivity index (χ0n) is 15.1. The van der Waals surface area contributed by atoms with Gasteiger partial charge in [0, 0.05) is 56.8 Å². The van der Waals surface area contributed by atoms with Gasteiger partial charge in [0.2, 0.25) is 0 Å². The van der Waals surface area contributed by atoms with Gasteiger partial charge < -0.3 is 10.2 Å². The van der Waals surface area contributed by atoms with Crippen molar-refractivity contribution in [2.75, 3.05) is 26.2 Å². The second-order valence-corrected chi connectivity index (χ2v) is 7.58. The lowest BCUT2D eigenvalue weighted by molar-refractivity contribution is 0.0627. The molecule has 2 aromatic rings. The van der Waals surface area contributed by atoms with Crippen LogP contribution in [0, 0.1) is 6.92 Å². The Bertz CT molecular complexity index is 763. The van der Waals surface area contributed by atoms with Gasteiger partial charge in [0.25, 0.3) is 5.91 Å². The number of rotatable bonds is 3. The molecular weight excluding hydrogens is 427 g/mol. The molecule has 4 rings (SSSR count). The molecule has 1 aromatic heterocycles. The summed E-state index contributed by atoms with van der Waals surface area (Å²) < 4.78 is 0. The molecule has 150 valence electrons. The maximum absolute atomic E-state index is 12.7. The Morgan fingerprint density at radius 3 is 2.48 bits per heavy atom. The number of halogens is 3. The average Bonchev–Trinajstić information content (AvgIpc) is 3.23. The minimum Gasteiger partial charge on any atom is -0.336 e. The summed E-state index contributed by atoms with van der Waals surface area (Å²) >= 11 is 1.70. The van der Waals surface area contributed by atoms with Crippen LogP contribution in [0.15, 0.2) is 23.6 Å². The van der Waals surface area contributed by atoms with Crippen LogP contribution < -0.4 is 5.32 Å². The Kier molecular flexibility index (Phi) is 9.48. The van der Waals surface area contributed by atoms with Crippen molar-refractivity contribution in [3.63, 3.8) is 0 Å². The number of nitrogens with one attached hydrogen (secondary N) is 1. The van der Waals surface area contributed by atoms with E-state index in [9.17, 15) is 4.79 Å². The fraction of sp³-hybridized carbons (Fsp3) is 0.444. The lowest BCUT2D eigenvalue weighted by Gasteiger charge is -2.34. The van der Waals surface area contributed by atoms with Crippen molar-refractivity contribution in [3.05, 3.63) is 51.0 Å². The smallest absolute Gasteiger partial charge is 0.253 e. The molecule has 2 aliphatic heterocycles. The van der Waals surface area contributed by atoms with Gasteiger partial charge in [-0.05, 0) is 30.2 Å². The molecule has 27 heavy (non-hydrogen) atoms. The summed E-state index contributed by atoms with van der Waals surface area (Å²) in [5.41, 5.74) is 4.54. The quantitative estimate of drug-likeness (QED) is 0.778. The predicted octanol–water partition coefficient (Wildman–Crippen LogP) is 3.28. The molecule has 0 atom stereocenters. The van der Waals surface area contributed by atoms with Gasteiger partial charge in [-0.3, -0.25) is 9.69 Å². The maximum Gasteiger partial charge on any atom is 0.253 e. The topological polar surface area (TPSA) is 48.5 Å². The predicted molar refractivity (Wildman–Crippen MR) is 117 cm³/mol. The van der Waals surface area contributed by atoms with Gasteiger partial charge >= 0.3 is 0 Å². The van der Waals surface area contributed by atoms with Crippen LogP contribution >= 0.6 is 48.6 Å². The van der Waals surface area contributed by atoms with Crippen LogP contribution in [0.25, 0.3) is 0 Å². The number of benzene rings is 1. The summed E-state index contributed by atoms with van der Waals surface area (Å²) in [6.45, 7) is 8.11. The van der Waals surface area contributed by atoms with Gasteiger partial charge in [0.05, 0.1) is 10.7 Å². The molecule has 1 fully saturated rings. The van der Waals surface area contributed by atoms with Gasteiger partial charge in [-0.15, -0.1) is 48.6 Å². The highest BCUT2D eigenvalue weighted by molar-refractivity contribution is 7.09. The Morgan fingerprint density at radius 1 is 1.11 bits per heavy atom. The molecule has 0 spiro atoms. The van der Waals surface area contributed by atoms with Crippen molar-refractivity contribution in [3.8, 4) is 0 Å². The number of hydrogen-bond acceptors (Lipinski definition) is 5. The summed E-state index contributed by atoms with van der Waals surface area (Å²) in [7, 11) is 0. The fourth-order valence-electron chi connectivity index (χ4n) is 3.43. The first-order valence-electron chi connectivity index (χ1n) is 8.44. The third-order valence-electron chi connectivity index (χ3n) is 4.80. The van der Waals surface area contributed by atoms with Crippen LogP contribution in [0.3, 0.4) is 0 Å². The zero-order chi connectivity index (χ0) is 16.5. The van der Waals surface area contributed by atoms with Gasteiger partial charge in [-0.25, -0.2) is 4.98 Å². The number of carbonyl (C=O) groups is 1. The van der Waals surface area contributed by atoms with E-state index in [1.807, 2.05) is 17.9 Å². The third-order valence-corrected chi connectivity index (χ3v) is 5.62. The van der Waals surface area contributed by atoms with Crippen LogP contribution in [-0.4, -0.2) is 46.9 Å². The highest BCUT2D eigenvalue weighted by Gasteiger charge is 2.23. The van der Waals surface area contributed by atoms with Gasteiger partial charge in [-0.1, -0.05) is 6.07 Å². The maximum atomic E-state index is 12.7. The summed E-state index contributed by atoms with van der Waals surface area (Å²) in [5, 5.41) is 6.57. The zero-order valence-corrected chi connectivity index (χ0v) is 18.4. The normalized spacial score (nSPS) is 16.0. The molecule has 5 nitrogen and oxygen atoms in total. The number of hydrogen-bond donors (Lipinski definition) is 1. The first-order chi connectivity index (χ1) is 11.7. The Morgan fingerprint density at radius 2 is 1.81 bits per heavy atom. The number of carbonyl (C=O) groups excluding carboxylic acids is 1. The fourth-order valence-corrected chi connectivity index (χ4v) is 4.03. The van der Waals surface area contributed by atoms with Crippen molar-refractivity contribution in [2.45, 2.75) is 26.6 Å². The second-order valence-electron chi connectivity index (χ2n) is 6.51. The third kappa shape index (κ3) is 5.56. The monoisotopic (exact) mass is 450 g/mol. The summed E-state index contributed by atoms with van der Waals surface area (Å²) in [5.74, 6) is 0.161. The first-order valence-corrected chi connectivity index (χ1v) is 9.32. The minimum absolute atomic E-state index is 0. The number of fused-ring (bicyclic) bond motifs is 1. The van der Waals surface area contributed by atoms with Crippen molar-refractivity contribution >= 4 is 54.5 Å². The molecule has 9 heteroatoms. The Labute approximate surface area is 182 Å². The number of aromatic nitrogens is 1. The molecule has 2 aliphatic rings. The van der Waals surface area contributed by atoms with Gasteiger partial charge in [0.15, 0.2) is 0 Å². The first kappa shape index (κ1) is 24.1. The molecule has 1 amide bonds. The largest absolute Gasteiger partial charge is 0.336 e. The SMILES string of the molecule is Cc1nc(CN2CCN(C(=O)c3ccc4c(c3)CNC4)CC2)cs1.Cl.Cl.Cl. The summed E-state index contributed by atoms with van der Waals surface area (Å²) in [6.07, 6.45) is 0. The average molecular weight is 452 g/mol. The Hall–Kier alpha value is -0.890. The number of thiazole rings is 1. The van der Waals surface area contributed by atoms with E-state index in [2.05, 4.69) is 32.7 Å². The lowest BCUT2D eigenvalue weighted by Crippen LogP contribution is -2.48. The molecule has 0 aliphatic carbocycles. The standard InChI is InChI=1S/C18H22N4OS.3ClH/c1-13-20-17(12-24-13)11-21-4-6-22(7-5-21)18(23)14-2-3-15-9-19-10-16(15)8-14;;;/h2-3,8,12,19H,4-7,9-11H2,1H3;3*1H. The number of amides is 1. The van der Waals surface area contributed by atoms with E-state index in [1.54, 1.807) is 11.3 Å². The van der Waals surface area contributed by atoms with E-state index in [0.29, 0.717) is 0 Å². The van der Waals surface area contributed by atoms with Crippen LogP contribution in [0.5, 0.6) is 0 Å². The van der Waals surface area contributed by atoms with Gasteiger partial charge in [0.1, 0.15) is 0 Å². The number of piperazine rings is 1. The van der Waals surface area contributed by atoms with Crippen molar-refractivity contribution in [1.82, 2.24) is 20.1 Å². The summed E-state index contributed by atoms with van der Waals surface area (Å²) in [6, 6.07) is 6.12. The number of aryl methyl sites for hydroxylation is 1. The van der Waals surface area contributed by atoms with Crippen LogP contribution in [0.4, 0.5) is 0 Å². The molecular formula is C18H25Cl3N4OS. The second kappa shape index (κ2) is 10.6. The van der Waals surface area contributed by atoms with E-state index in [1.165, 1.54) is 11.1 Å². The van der Waals surface area contributed by atoms with E-state index in [-0.39, 0.29) is 43.1 Å². The lowest BCUT2D eigenvalue weighted by atomic mass is 10.1. The van der Waals surface area contributed by atoms with E-state index in [0.717, 1.165) is 62.1 Å². The molecule has 1 saturated heterocycles. The molecule has 0 bridgehead atoms. The van der Waals surface area contributed by atoms with Crippen LogP contribution in [0.1, 0.15) is 32.2 Å². The molecule has 1 N–H and O–H groups in total. The van der Waals surface area contributed by atoms with Crippen molar-refractivity contribution in [2.24, 2.45) is 0 Å². The van der Waals surface area contributed by atoms with E-state index >= 15 is 0 Å². The van der Waals surface area contributed by atoms with E-state index < -0.39 is 0 Å². The van der Waals surface area contributed by atoms with Gasteiger partial charge in [-0.2, -0.15) is 0 Å². The summed E-state index contributed by atoms with van der Waals surface area (Å²) in [4.78, 5) is 21.6. The van der Waals surface area contributed by atoms with Crippen LogP contribution in [0.2, 0.25) is 0 Å². The molecule has 1 aromatic carbocycles. The molecule has 0 saturated carbocycles. The number of nitrogens with zero attached hydrogens (tertiary/aromatic N) is 3. The molecule has 3 heterocycles.